The number of amides is 3. The molecule has 1 aliphatic heterocycles. The first-order valence-corrected chi connectivity index (χ1v) is 14.2. The Morgan fingerprint density at radius 1 is 1.12 bits per heavy atom. The van der Waals surface area contributed by atoms with Crippen LogP contribution >= 0.6 is 15.9 Å². The fraction of sp³-hybridized carbons (Fsp3) is 0.345. The quantitative estimate of drug-likeness (QED) is 0.247. The van der Waals surface area contributed by atoms with E-state index in [0.29, 0.717) is 47.0 Å². The number of hydrogen-bond donors (Lipinski definition) is 5. The lowest BCUT2D eigenvalue weighted by Gasteiger charge is -2.32. The molecule has 13 heteroatoms. The summed E-state index contributed by atoms with van der Waals surface area (Å²) in [5, 5.41) is 21.3. The molecule has 2 heterocycles. The first-order chi connectivity index (χ1) is 20.0. The molecule has 222 valence electrons. The average molecular weight is 641 g/mol. The summed E-state index contributed by atoms with van der Waals surface area (Å²) in [4.78, 5) is 48.0. The van der Waals surface area contributed by atoms with Gasteiger partial charge in [0.15, 0.2) is 0 Å². The van der Waals surface area contributed by atoms with Gasteiger partial charge in [0.05, 0.1) is 22.3 Å². The molecule has 0 bridgehead atoms. The zero-order valence-corrected chi connectivity index (χ0v) is 25.4. The van der Waals surface area contributed by atoms with Crippen LogP contribution in [0.5, 0.6) is 0 Å². The molecule has 3 amide bonds. The minimum Gasteiger partial charge on any atom is -0.444 e. The molecule has 3 aromatic rings. The van der Waals surface area contributed by atoms with Crippen LogP contribution in [0.1, 0.15) is 42.3 Å². The number of fused-ring (bicyclic) bond motifs is 1. The summed E-state index contributed by atoms with van der Waals surface area (Å²) in [7, 11) is 1.57. The molecule has 1 aromatic heterocycles. The summed E-state index contributed by atoms with van der Waals surface area (Å²) in [5.74, 6) is 0.235. The van der Waals surface area contributed by atoms with Gasteiger partial charge in [0, 0.05) is 32.0 Å². The van der Waals surface area contributed by atoms with Crippen LogP contribution in [0.4, 0.5) is 27.9 Å². The number of anilines is 4. The van der Waals surface area contributed by atoms with Crippen molar-refractivity contribution in [1.29, 1.82) is 0 Å². The van der Waals surface area contributed by atoms with Gasteiger partial charge in [0.1, 0.15) is 17.5 Å². The van der Waals surface area contributed by atoms with Gasteiger partial charge in [-0.15, -0.1) is 0 Å². The number of aromatic nitrogens is 2. The molecule has 42 heavy (non-hydrogen) atoms. The van der Waals surface area contributed by atoms with Crippen molar-refractivity contribution in [2.24, 2.45) is 0 Å². The van der Waals surface area contributed by atoms with Gasteiger partial charge in [-0.25, -0.2) is 9.78 Å². The van der Waals surface area contributed by atoms with Gasteiger partial charge in [-0.05, 0) is 78.5 Å². The summed E-state index contributed by atoms with van der Waals surface area (Å²) >= 11 is 3.47. The zero-order valence-electron chi connectivity index (χ0n) is 23.8. The maximum Gasteiger partial charge on any atom is 0.408 e. The molecule has 5 N–H and O–H groups in total. The Morgan fingerprint density at radius 2 is 1.88 bits per heavy atom. The summed E-state index contributed by atoms with van der Waals surface area (Å²) in [5.41, 5.74) is 3.14. The topological polar surface area (TPSA) is 158 Å². The fourth-order valence-corrected chi connectivity index (χ4v) is 4.66. The molecule has 0 saturated heterocycles. The molecule has 1 aliphatic rings. The Labute approximate surface area is 252 Å². The molecule has 2 aromatic carbocycles. The van der Waals surface area contributed by atoms with Gasteiger partial charge in [-0.3, -0.25) is 9.59 Å². The standard InChI is InChI=1S/C29H34BrN7O5/c1-29(2,3)42-28(41)35-23(16-38)26(40)37-12-11-17-13-19(10-9-18(17)15-37)33-27-32-14-21(30)24(36-27)34-22-8-6-5-7-20(22)25(39)31-4/h5-10,13-14,23,38H,11-12,15-16H2,1-4H3,(H,31,39)(H,35,41)(H2,32,33,34,36)/t23-/m0/s1. The first kappa shape index (κ1) is 30.7. The van der Waals surface area contributed by atoms with Gasteiger partial charge in [-0.1, -0.05) is 18.2 Å². The molecular formula is C29H34BrN7O5. The van der Waals surface area contributed by atoms with Crippen molar-refractivity contribution >= 4 is 57.0 Å². The van der Waals surface area contributed by atoms with Crippen molar-refractivity contribution in [1.82, 2.24) is 25.5 Å². The molecule has 0 fully saturated rings. The van der Waals surface area contributed by atoms with E-state index in [9.17, 15) is 19.5 Å². The van der Waals surface area contributed by atoms with Crippen LogP contribution < -0.4 is 21.3 Å². The number of aliphatic hydroxyl groups excluding tert-OH is 1. The molecule has 12 nitrogen and oxygen atoms in total. The lowest BCUT2D eigenvalue weighted by atomic mass is 9.98. The highest BCUT2D eigenvalue weighted by Gasteiger charge is 2.29. The highest BCUT2D eigenvalue weighted by Crippen LogP contribution is 2.28. The molecule has 0 spiro atoms. The van der Waals surface area contributed by atoms with Crippen molar-refractivity contribution in [2.45, 2.75) is 45.4 Å². The van der Waals surface area contributed by atoms with E-state index in [0.717, 1.165) is 16.8 Å². The predicted octanol–water partition coefficient (Wildman–Crippen LogP) is 3.86. The van der Waals surface area contributed by atoms with E-state index in [-0.39, 0.29) is 11.8 Å². The van der Waals surface area contributed by atoms with Crippen LogP contribution in [0.3, 0.4) is 0 Å². The van der Waals surface area contributed by atoms with Crippen LogP contribution in [0, 0.1) is 0 Å². The highest BCUT2D eigenvalue weighted by molar-refractivity contribution is 9.10. The van der Waals surface area contributed by atoms with E-state index in [2.05, 4.69) is 47.2 Å². The zero-order chi connectivity index (χ0) is 30.4. The monoisotopic (exact) mass is 639 g/mol. The summed E-state index contributed by atoms with van der Waals surface area (Å²) in [6.07, 6.45) is 1.45. The third-order valence-electron chi connectivity index (χ3n) is 6.35. The van der Waals surface area contributed by atoms with E-state index < -0.39 is 24.3 Å². The lowest BCUT2D eigenvalue weighted by molar-refractivity contribution is -0.135. The number of nitrogens with zero attached hydrogens (tertiary/aromatic N) is 3. The summed E-state index contributed by atoms with van der Waals surface area (Å²) in [6, 6.07) is 11.8. The Morgan fingerprint density at radius 3 is 2.60 bits per heavy atom. The second-order valence-corrected chi connectivity index (χ2v) is 11.5. The van der Waals surface area contributed by atoms with Crippen LogP contribution in [-0.2, 0) is 22.5 Å². The van der Waals surface area contributed by atoms with Gasteiger partial charge >= 0.3 is 6.09 Å². The molecule has 0 unspecified atom stereocenters. The predicted molar refractivity (Wildman–Crippen MR) is 162 cm³/mol. The van der Waals surface area contributed by atoms with Gasteiger partial charge in [-0.2, -0.15) is 4.98 Å². The molecule has 0 saturated carbocycles. The third-order valence-corrected chi connectivity index (χ3v) is 6.93. The molecular weight excluding hydrogens is 606 g/mol. The number of nitrogens with one attached hydrogen (secondary N) is 4. The maximum absolute atomic E-state index is 13.0. The number of alkyl carbamates (subject to hydrolysis) is 1. The van der Waals surface area contributed by atoms with Crippen molar-refractivity contribution in [3.05, 3.63) is 69.8 Å². The number of hydrogen-bond acceptors (Lipinski definition) is 9. The van der Waals surface area contributed by atoms with E-state index in [1.165, 1.54) is 0 Å². The smallest absolute Gasteiger partial charge is 0.408 e. The minimum atomic E-state index is -1.09. The van der Waals surface area contributed by atoms with Gasteiger partial charge < -0.3 is 36.0 Å². The number of benzene rings is 2. The molecule has 1 atom stereocenters. The van der Waals surface area contributed by atoms with Crippen LogP contribution in [0.25, 0.3) is 0 Å². The van der Waals surface area contributed by atoms with Gasteiger partial charge in [0.25, 0.3) is 5.91 Å². The second-order valence-electron chi connectivity index (χ2n) is 10.6. The van der Waals surface area contributed by atoms with Crippen LogP contribution in [-0.4, -0.2) is 69.7 Å². The van der Waals surface area contributed by atoms with E-state index in [1.807, 2.05) is 24.3 Å². The average Bonchev–Trinajstić information content (AvgIpc) is 2.96. The number of halogens is 1. The van der Waals surface area contributed by atoms with Crippen LogP contribution in [0.2, 0.25) is 0 Å². The number of para-hydroxylation sites is 1. The Kier molecular flexibility index (Phi) is 9.63. The van der Waals surface area contributed by atoms with E-state index >= 15 is 0 Å². The van der Waals surface area contributed by atoms with E-state index in [1.54, 1.807) is 57.1 Å². The van der Waals surface area contributed by atoms with Crippen molar-refractivity contribution < 1.29 is 24.2 Å². The maximum atomic E-state index is 13.0. The van der Waals surface area contributed by atoms with Crippen LogP contribution in [0.15, 0.2) is 53.1 Å². The van der Waals surface area contributed by atoms with Crippen molar-refractivity contribution in [2.75, 3.05) is 30.8 Å². The largest absolute Gasteiger partial charge is 0.444 e. The number of carbonyl (C=O) groups is 3. The molecule has 0 radical (unpaired) electrons. The van der Waals surface area contributed by atoms with E-state index in [4.69, 9.17) is 4.74 Å². The number of rotatable bonds is 8. The summed E-state index contributed by atoms with van der Waals surface area (Å²) in [6.45, 7) is 5.40. The van der Waals surface area contributed by atoms with Crippen molar-refractivity contribution in [3.8, 4) is 0 Å². The third kappa shape index (κ3) is 7.74. The van der Waals surface area contributed by atoms with Gasteiger partial charge in [0.2, 0.25) is 11.9 Å². The Bertz CT molecular complexity index is 1480. The molecule has 0 aliphatic carbocycles. The first-order valence-electron chi connectivity index (χ1n) is 13.4. The summed E-state index contributed by atoms with van der Waals surface area (Å²) < 4.78 is 5.84. The molecule has 4 rings (SSSR count). The second kappa shape index (κ2) is 13.2. The Balaban J connectivity index is 1.43. The number of aliphatic hydroxyl groups is 1. The highest BCUT2D eigenvalue weighted by atomic mass is 79.9. The number of ether oxygens (including phenoxy) is 1. The fourth-order valence-electron chi connectivity index (χ4n) is 4.37. The normalized spacial score (nSPS) is 13.4. The SMILES string of the molecule is CNC(=O)c1ccccc1Nc1nc(Nc2ccc3c(c2)CCN(C(=O)[C@H](CO)NC(=O)OC(C)(C)C)C3)ncc1Br. The van der Waals surface area contributed by atoms with Crippen molar-refractivity contribution in [3.63, 3.8) is 0 Å². The Hall–Kier alpha value is -4.23. The lowest BCUT2D eigenvalue weighted by Crippen LogP contribution is -2.52. The minimum absolute atomic E-state index is 0.220. The number of carbonyl (C=O) groups excluding carboxylic acids is 3.